The number of rotatable bonds is 7. The van der Waals surface area contributed by atoms with Crippen LogP contribution in [-0.4, -0.2) is 71.2 Å². The van der Waals surface area contributed by atoms with E-state index >= 15 is 0 Å². The fourth-order valence-corrected chi connectivity index (χ4v) is 4.61. The lowest BCUT2D eigenvalue weighted by Gasteiger charge is -2.37. The Balaban J connectivity index is 1.32. The molecule has 1 aromatic heterocycles. The molecule has 0 saturated carbocycles. The molecule has 1 fully saturated rings. The maximum Gasteiger partial charge on any atom is 0.264 e. The number of piperidine rings is 1. The van der Waals surface area contributed by atoms with E-state index in [-0.39, 0.29) is 23.4 Å². The second-order valence-corrected chi connectivity index (χ2v) is 8.99. The van der Waals surface area contributed by atoms with E-state index in [0.717, 1.165) is 37.9 Å². The van der Waals surface area contributed by atoms with Gasteiger partial charge in [-0.2, -0.15) is 0 Å². The molecule has 3 atom stereocenters. The number of benzene rings is 1. The number of aromatic amines is 1. The number of likely N-dealkylation sites (tertiary alicyclic amines) is 1. The van der Waals surface area contributed by atoms with Gasteiger partial charge in [0.15, 0.2) is 11.5 Å². The molecular formula is C24H34N4O5. The maximum absolute atomic E-state index is 12.9. The highest BCUT2D eigenvalue weighted by Gasteiger charge is 2.30. The minimum Gasteiger partial charge on any atom is -0.489 e. The number of ether oxygens (including phenoxy) is 2. The number of hydrogen-bond donors (Lipinski definition) is 3. The van der Waals surface area contributed by atoms with Gasteiger partial charge in [0.2, 0.25) is 0 Å². The Kier molecular flexibility index (Phi) is 7.39. The third-order valence-electron chi connectivity index (χ3n) is 6.62. The van der Waals surface area contributed by atoms with Gasteiger partial charge in [-0.15, -0.1) is 0 Å². The second kappa shape index (κ2) is 10.4. The van der Waals surface area contributed by atoms with Gasteiger partial charge < -0.3 is 19.9 Å². The van der Waals surface area contributed by atoms with Crippen molar-refractivity contribution in [3.63, 3.8) is 0 Å². The number of nitrogens with one attached hydrogen (secondary N) is 2. The first-order valence-electron chi connectivity index (χ1n) is 11.8. The lowest BCUT2D eigenvalue weighted by atomic mass is 9.93. The van der Waals surface area contributed by atoms with Crippen molar-refractivity contribution in [1.82, 2.24) is 20.0 Å². The van der Waals surface area contributed by atoms with Crippen LogP contribution < -0.4 is 20.3 Å². The first-order chi connectivity index (χ1) is 16.0. The highest BCUT2D eigenvalue weighted by Crippen LogP contribution is 2.36. The molecule has 9 heteroatoms. The number of fused-ring (bicyclic) bond motifs is 1. The number of carbonyl (C=O) groups is 1. The van der Waals surface area contributed by atoms with Crippen LogP contribution in [0.25, 0.3) is 0 Å². The SMILES string of the molecule is CCC(CN1CCC(CNC(=O)c2ccc(C)c3c2OCCCO3)C(O)C1)n1ccc(=O)[nH]1. The highest BCUT2D eigenvalue weighted by molar-refractivity contribution is 5.98. The summed E-state index contributed by atoms with van der Waals surface area (Å²) in [7, 11) is 0. The Bertz CT molecular complexity index is 1020. The fraction of sp³-hybridized carbons (Fsp3) is 0.583. The van der Waals surface area contributed by atoms with E-state index < -0.39 is 6.10 Å². The third-order valence-corrected chi connectivity index (χ3v) is 6.62. The lowest BCUT2D eigenvalue weighted by Crippen LogP contribution is -2.49. The number of hydrogen-bond acceptors (Lipinski definition) is 6. The number of amides is 1. The fourth-order valence-electron chi connectivity index (χ4n) is 4.61. The lowest BCUT2D eigenvalue weighted by molar-refractivity contribution is 0.0161. The quantitative estimate of drug-likeness (QED) is 0.583. The van der Waals surface area contributed by atoms with E-state index in [1.807, 2.05) is 17.7 Å². The minimum atomic E-state index is -0.532. The van der Waals surface area contributed by atoms with Crippen molar-refractivity contribution in [2.45, 2.75) is 45.3 Å². The molecule has 1 amide bonds. The number of aromatic nitrogens is 2. The van der Waals surface area contributed by atoms with Crippen LogP contribution in [0.4, 0.5) is 0 Å². The zero-order chi connectivity index (χ0) is 23.4. The van der Waals surface area contributed by atoms with Gasteiger partial charge in [0, 0.05) is 44.2 Å². The van der Waals surface area contributed by atoms with Gasteiger partial charge in [-0.05, 0) is 37.9 Å². The van der Waals surface area contributed by atoms with Crippen LogP contribution in [0.15, 0.2) is 29.2 Å². The van der Waals surface area contributed by atoms with E-state index in [2.05, 4.69) is 22.2 Å². The molecule has 1 saturated heterocycles. The van der Waals surface area contributed by atoms with Gasteiger partial charge in [-0.3, -0.25) is 24.3 Å². The van der Waals surface area contributed by atoms with Gasteiger partial charge >= 0.3 is 0 Å². The number of carbonyl (C=O) groups excluding carboxylic acids is 1. The molecule has 2 aliphatic rings. The number of nitrogens with zero attached hydrogens (tertiary/aromatic N) is 2. The van der Waals surface area contributed by atoms with Crippen molar-refractivity contribution in [3.8, 4) is 11.5 Å². The van der Waals surface area contributed by atoms with Crippen molar-refractivity contribution in [3.05, 3.63) is 45.9 Å². The standard InChI is InChI=1S/C24H34N4O5/c1-3-18(28-10-8-21(30)26-28)14-27-9-7-17(20(29)15-27)13-25-24(31)19-6-5-16(2)22-23(19)33-12-4-11-32-22/h5-6,8,10,17-18,20,29H,3-4,7,9,11-15H2,1-2H3,(H,25,31)(H,26,30). The molecule has 3 unspecified atom stereocenters. The Labute approximate surface area is 193 Å². The van der Waals surface area contributed by atoms with E-state index in [0.29, 0.717) is 43.4 Å². The highest BCUT2D eigenvalue weighted by atomic mass is 16.5. The molecule has 4 rings (SSSR count). The molecule has 9 nitrogen and oxygen atoms in total. The molecule has 1 aromatic carbocycles. The summed E-state index contributed by atoms with van der Waals surface area (Å²) in [4.78, 5) is 26.6. The zero-order valence-electron chi connectivity index (χ0n) is 19.4. The maximum atomic E-state index is 12.9. The van der Waals surface area contributed by atoms with Crippen molar-refractivity contribution in [2.24, 2.45) is 5.92 Å². The molecule has 0 bridgehead atoms. The number of aryl methyl sites for hydroxylation is 1. The van der Waals surface area contributed by atoms with Crippen molar-refractivity contribution in [2.75, 3.05) is 39.4 Å². The average Bonchev–Trinajstić information content (AvgIpc) is 3.08. The summed E-state index contributed by atoms with van der Waals surface area (Å²) in [6.45, 7) is 7.64. The Morgan fingerprint density at radius 2 is 2.06 bits per heavy atom. The van der Waals surface area contributed by atoms with Crippen LogP contribution in [0.5, 0.6) is 11.5 Å². The van der Waals surface area contributed by atoms with Crippen LogP contribution >= 0.6 is 0 Å². The molecule has 3 N–H and O–H groups in total. The first kappa shape index (κ1) is 23.4. The molecule has 2 aliphatic heterocycles. The van der Waals surface area contributed by atoms with E-state index in [1.165, 1.54) is 6.07 Å². The van der Waals surface area contributed by atoms with Gasteiger partial charge in [0.1, 0.15) is 0 Å². The summed E-state index contributed by atoms with van der Waals surface area (Å²) in [5.74, 6) is 0.920. The molecule has 2 aromatic rings. The predicted octanol–water partition coefficient (Wildman–Crippen LogP) is 1.71. The summed E-state index contributed by atoms with van der Waals surface area (Å²) >= 11 is 0. The molecule has 0 radical (unpaired) electrons. The molecule has 3 heterocycles. The van der Waals surface area contributed by atoms with Gasteiger partial charge in [-0.1, -0.05) is 13.0 Å². The second-order valence-electron chi connectivity index (χ2n) is 8.99. The van der Waals surface area contributed by atoms with Crippen LogP contribution in [0.3, 0.4) is 0 Å². The van der Waals surface area contributed by atoms with E-state index in [4.69, 9.17) is 9.47 Å². The third kappa shape index (κ3) is 5.42. The summed E-state index contributed by atoms with van der Waals surface area (Å²) in [6.07, 6.45) is 3.68. The van der Waals surface area contributed by atoms with Crippen LogP contribution in [0.1, 0.15) is 48.1 Å². The first-order valence-corrected chi connectivity index (χ1v) is 11.8. The van der Waals surface area contributed by atoms with Crippen LogP contribution in [0, 0.1) is 12.8 Å². The van der Waals surface area contributed by atoms with Crippen molar-refractivity contribution < 1.29 is 19.4 Å². The minimum absolute atomic E-state index is 0.0158. The van der Waals surface area contributed by atoms with Gasteiger partial charge in [0.25, 0.3) is 11.5 Å². The topological polar surface area (TPSA) is 109 Å². The summed E-state index contributed by atoms with van der Waals surface area (Å²) < 4.78 is 13.5. The summed E-state index contributed by atoms with van der Waals surface area (Å²) in [5.41, 5.74) is 1.31. The molecule has 33 heavy (non-hydrogen) atoms. The smallest absolute Gasteiger partial charge is 0.264 e. The monoisotopic (exact) mass is 458 g/mol. The van der Waals surface area contributed by atoms with Crippen molar-refractivity contribution >= 4 is 5.91 Å². The molecule has 0 spiro atoms. The molecule has 180 valence electrons. The number of aliphatic hydroxyl groups is 1. The normalized spacial score (nSPS) is 21.9. The number of H-pyrrole nitrogens is 1. The summed E-state index contributed by atoms with van der Waals surface area (Å²) in [6, 6.07) is 5.32. The van der Waals surface area contributed by atoms with Gasteiger partial charge in [0.05, 0.1) is 30.9 Å². The number of β-amino-alcohol motifs (C(OH)–C–C–N with tert-alkyl or cyclic N) is 1. The zero-order valence-corrected chi connectivity index (χ0v) is 19.4. The largest absolute Gasteiger partial charge is 0.489 e. The van der Waals surface area contributed by atoms with Crippen molar-refractivity contribution in [1.29, 1.82) is 0 Å². The Morgan fingerprint density at radius 3 is 2.76 bits per heavy atom. The average molecular weight is 459 g/mol. The molecule has 0 aliphatic carbocycles. The van der Waals surface area contributed by atoms with E-state index in [9.17, 15) is 14.7 Å². The van der Waals surface area contributed by atoms with E-state index in [1.54, 1.807) is 12.3 Å². The predicted molar refractivity (Wildman–Crippen MR) is 124 cm³/mol. The number of aliphatic hydroxyl groups excluding tert-OH is 1. The van der Waals surface area contributed by atoms with Gasteiger partial charge in [-0.25, -0.2) is 0 Å². The van der Waals surface area contributed by atoms with Crippen LogP contribution in [-0.2, 0) is 0 Å². The van der Waals surface area contributed by atoms with Crippen LogP contribution in [0.2, 0.25) is 0 Å². The molecular weight excluding hydrogens is 424 g/mol. The summed E-state index contributed by atoms with van der Waals surface area (Å²) in [5, 5.41) is 16.6. The Hall–Kier alpha value is -2.78. The Morgan fingerprint density at radius 1 is 1.27 bits per heavy atom.